The van der Waals surface area contributed by atoms with Crippen LogP contribution in [0.1, 0.15) is 23.8 Å². The van der Waals surface area contributed by atoms with Gasteiger partial charge in [-0.2, -0.15) is 4.98 Å². The fourth-order valence-electron chi connectivity index (χ4n) is 3.37. The predicted molar refractivity (Wildman–Crippen MR) is 104 cm³/mol. The predicted octanol–water partition coefficient (Wildman–Crippen LogP) is 3.72. The summed E-state index contributed by atoms with van der Waals surface area (Å²) in [7, 11) is 3.12. The minimum atomic E-state index is -0.342. The van der Waals surface area contributed by atoms with Crippen LogP contribution < -0.4 is 14.4 Å². The van der Waals surface area contributed by atoms with E-state index in [0.717, 1.165) is 0 Å². The average Bonchev–Trinajstić information content (AvgIpc) is 3.36. The SMILES string of the molecule is COc1ccc(-c2noc([C@H]3CC(=O)N(c4ccc(C)c(F)c4)C3)n2)c(OC)c1. The maximum absolute atomic E-state index is 13.9. The fraction of sp³-hybridized carbons (Fsp3) is 0.286. The molecule has 1 fully saturated rings. The number of aryl methyl sites for hydroxylation is 1. The molecule has 8 heteroatoms. The summed E-state index contributed by atoms with van der Waals surface area (Å²) >= 11 is 0. The quantitative estimate of drug-likeness (QED) is 0.653. The number of carbonyl (C=O) groups is 1. The lowest BCUT2D eigenvalue weighted by atomic mass is 10.1. The number of carbonyl (C=O) groups excluding carboxylic acids is 1. The molecule has 0 saturated carbocycles. The highest BCUT2D eigenvalue weighted by Crippen LogP contribution is 2.35. The molecule has 7 nitrogen and oxygen atoms in total. The van der Waals surface area contributed by atoms with Crippen molar-refractivity contribution in [2.24, 2.45) is 0 Å². The number of methoxy groups -OCH3 is 2. The standard InChI is InChI=1S/C21H20FN3O4/c1-12-4-5-14(9-17(12)22)25-11-13(8-19(25)26)21-23-20(24-29-21)16-7-6-15(27-2)10-18(16)28-3/h4-7,9-10,13H,8,11H2,1-3H3/t13-/m0/s1. The Balaban J connectivity index is 1.57. The highest BCUT2D eigenvalue weighted by molar-refractivity contribution is 5.96. The highest BCUT2D eigenvalue weighted by Gasteiger charge is 2.35. The van der Waals surface area contributed by atoms with Gasteiger partial charge in [-0.1, -0.05) is 11.2 Å². The van der Waals surface area contributed by atoms with E-state index in [2.05, 4.69) is 10.1 Å². The van der Waals surface area contributed by atoms with Gasteiger partial charge in [0.1, 0.15) is 17.3 Å². The van der Waals surface area contributed by atoms with E-state index in [9.17, 15) is 9.18 Å². The second-order valence-corrected chi connectivity index (χ2v) is 6.86. The molecule has 1 amide bonds. The van der Waals surface area contributed by atoms with Gasteiger partial charge in [-0.3, -0.25) is 4.79 Å². The molecule has 0 radical (unpaired) electrons. The van der Waals surface area contributed by atoms with Gasteiger partial charge in [0, 0.05) is 24.7 Å². The first-order valence-electron chi connectivity index (χ1n) is 9.12. The zero-order valence-electron chi connectivity index (χ0n) is 16.3. The highest BCUT2D eigenvalue weighted by atomic mass is 19.1. The molecule has 2 aromatic carbocycles. The van der Waals surface area contributed by atoms with Crippen molar-refractivity contribution in [1.29, 1.82) is 0 Å². The summed E-state index contributed by atoms with van der Waals surface area (Å²) < 4.78 is 29.9. The topological polar surface area (TPSA) is 77.7 Å². The summed E-state index contributed by atoms with van der Waals surface area (Å²) in [5.74, 6) is 1.21. The number of nitrogens with zero attached hydrogens (tertiary/aromatic N) is 3. The van der Waals surface area contributed by atoms with Crippen molar-refractivity contribution in [3.63, 3.8) is 0 Å². The van der Waals surface area contributed by atoms with Gasteiger partial charge >= 0.3 is 0 Å². The molecule has 150 valence electrons. The molecule has 0 N–H and O–H groups in total. The normalized spacial score (nSPS) is 16.3. The van der Waals surface area contributed by atoms with Gasteiger partial charge in [-0.05, 0) is 36.8 Å². The first-order valence-corrected chi connectivity index (χ1v) is 9.12. The van der Waals surface area contributed by atoms with Crippen LogP contribution in [0.25, 0.3) is 11.4 Å². The Morgan fingerprint density at radius 2 is 2.00 bits per heavy atom. The number of benzene rings is 2. The molecule has 0 unspecified atom stereocenters. The van der Waals surface area contributed by atoms with Gasteiger partial charge < -0.3 is 18.9 Å². The Morgan fingerprint density at radius 1 is 1.17 bits per heavy atom. The van der Waals surface area contributed by atoms with Crippen molar-refractivity contribution < 1.29 is 23.2 Å². The molecule has 0 spiro atoms. The molecule has 0 aliphatic carbocycles. The van der Waals surface area contributed by atoms with Crippen LogP contribution >= 0.6 is 0 Å². The maximum atomic E-state index is 13.9. The van der Waals surface area contributed by atoms with E-state index in [4.69, 9.17) is 14.0 Å². The Kier molecular flexibility index (Phi) is 4.92. The van der Waals surface area contributed by atoms with Gasteiger partial charge in [0.15, 0.2) is 0 Å². The van der Waals surface area contributed by atoms with Gasteiger partial charge in [-0.15, -0.1) is 0 Å². The third kappa shape index (κ3) is 3.53. The van der Waals surface area contributed by atoms with E-state index >= 15 is 0 Å². The number of rotatable bonds is 5. The number of halogens is 1. The van der Waals surface area contributed by atoms with Crippen molar-refractivity contribution in [3.8, 4) is 22.9 Å². The Labute approximate surface area is 167 Å². The summed E-state index contributed by atoms with van der Waals surface area (Å²) in [5.41, 5.74) is 1.72. The summed E-state index contributed by atoms with van der Waals surface area (Å²) in [5, 5.41) is 4.05. The molecule has 2 heterocycles. The average molecular weight is 397 g/mol. The Morgan fingerprint density at radius 3 is 2.72 bits per heavy atom. The zero-order chi connectivity index (χ0) is 20.5. The summed E-state index contributed by atoms with van der Waals surface area (Å²) in [4.78, 5) is 18.5. The minimum Gasteiger partial charge on any atom is -0.497 e. The third-order valence-corrected chi connectivity index (χ3v) is 5.03. The number of ether oxygens (including phenoxy) is 2. The van der Waals surface area contributed by atoms with E-state index in [1.807, 2.05) is 0 Å². The lowest BCUT2D eigenvalue weighted by molar-refractivity contribution is -0.117. The van der Waals surface area contributed by atoms with E-state index in [-0.39, 0.29) is 24.1 Å². The van der Waals surface area contributed by atoms with Gasteiger partial charge in [0.2, 0.25) is 17.6 Å². The molecular formula is C21H20FN3O4. The Hall–Kier alpha value is -3.42. The number of hydrogen-bond acceptors (Lipinski definition) is 6. The van der Waals surface area contributed by atoms with Crippen LogP contribution in [-0.2, 0) is 4.79 Å². The molecule has 3 aromatic rings. The second kappa shape index (κ2) is 7.54. The first-order chi connectivity index (χ1) is 14.0. The van der Waals surface area contributed by atoms with Crippen LogP contribution in [0.4, 0.5) is 10.1 Å². The smallest absolute Gasteiger partial charge is 0.232 e. The van der Waals surface area contributed by atoms with Crippen LogP contribution in [0.3, 0.4) is 0 Å². The van der Waals surface area contributed by atoms with Crippen molar-refractivity contribution >= 4 is 11.6 Å². The lowest BCUT2D eigenvalue weighted by Gasteiger charge is -2.16. The molecule has 29 heavy (non-hydrogen) atoms. The number of aromatic nitrogens is 2. The zero-order valence-corrected chi connectivity index (χ0v) is 16.3. The maximum Gasteiger partial charge on any atom is 0.232 e. The Bertz CT molecular complexity index is 1070. The molecule has 4 rings (SSSR count). The molecule has 1 saturated heterocycles. The van der Waals surface area contributed by atoms with E-state index < -0.39 is 0 Å². The van der Waals surface area contributed by atoms with Crippen molar-refractivity contribution in [3.05, 3.63) is 53.7 Å². The minimum absolute atomic E-state index is 0.111. The molecular weight excluding hydrogens is 377 g/mol. The van der Waals surface area contributed by atoms with Gasteiger partial charge in [0.05, 0.1) is 25.7 Å². The van der Waals surface area contributed by atoms with E-state index in [1.165, 1.54) is 6.07 Å². The summed E-state index contributed by atoms with van der Waals surface area (Å²) in [6.07, 6.45) is 0.219. The van der Waals surface area contributed by atoms with E-state index in [0.29, 0.717) is 46.6 Å². The second-order valence-electron chi connectivity index (χ2n) is 6.86. The number of amides is 1. The molecule has 1 aliphatic rings. The number of hydrogen-bond donors (Lipinski definition) is 0. The number of anilines is 1. The van der Waals surface area contributed by atoms with E-state index in [1.54, 1.807) is 56.4 Å². The molecule has 1 aromatic heterocycles. The van der Waals surface area contributed by atoms with Crippen molar-refractivity contribution in [1.82, 2.24) is 10.1 Å². The first kappa shape index (κ1) is 18.9. The molecule has 1 aliphatic heterocycles. The summed E-state index contributed by atoms with van der Waals surface area (Å²) in [6, 6.07) is 10.1. The van der Waals surface area contributed by atoms with Crippen LogP contribution in [0.5, 0.6) is 11.5 Å². The summed E-state index contributed by atoms with van der Waals surface area (Å²) in [6.45, 7) is 2.03. The molecule has 1 atom stereocenters. The molecule has 0 bridgehead atoms. The third-order valence-electron chi connectivity index (χ3n) is 5.03. The van der Waals surface area contributed by atoms with Crippen LogP contribution in [0.2, 0.25) is 0 Å². The largest absolute Gasteiger partial charge is 0.497 e. The monoisotopic (exact) mass is 397 g/mol. The van der Waals surface area contributed by atoms with Crippen LogP contribution in [0.15, 0.2) is 40.9 Å². The van der Waals surface area contributed by atoms with Crippen molar-refractivity contribution in [2.75, 3.05) is 25.7 Å². The van der Waals surface area contributed by atoms with Crippen molar-refractivity contribution in [2.45, 2.75) is 19.3 Å². The fourth-order valence-corrected chi connectivity index (χ4v) is 3.37. The van der Waals surface area contributed by atoms with Crippen LogP contribution in [-0.4, -0.2) is 36.8 Å². The van der Waals surface area contributed by atoms with Gasteiger partial charge in [-0.25, -0.2) is 4.39 Å². The lowest BCUT2D eigenvalue weighted by Crippen LogP contribution is -2.24. The van der Waals surface area contributed by atoms with Gasteiger partial charge in [0.25, 0.3) is 0 Å². The van der Waals surface area contributed by atoms with Crippen LogP contribution in [0, 0.1) is 12.7 Å².